The second kappa shape index (κ2) is 5.46. The fourth-order valence-electron chi connectivity index (χ4n) is 1.66. The molecule has 2 N–H and O–H groups in total. The SMILES string of the molecule is Cc1ccc(C(C)(O)CCNC(C)C)cc1. The van der Waals surface area contributed by atoms with Gasteiger partial charge >= 0.3 is 0 Å². The van der Waals surface area contributed by atoms with Gasteiger partial charge in [0, 0.05) is 6.04 Å². The van der Waals surface area contributed by atoms with Gasteiger partial charge < -0.3 is 10.4 Å². The number of aliphatic hydroxyl groups is 1. The van der Waals surface area contributed by atoms with Gasteiger partial charge in [0.1, 0.15) is 0 Å². The van der Waals surface area contributed by atoms with Crippen molar-refractivity contribution in [3.05, 3.63) is 35.4 Å². The van der Waals surface area contributed by atoms with Gasteiger partial charge in [0.05, 0.1) is 5.60 Å². The van der Waals surface area contributed by atoms with Crippen LogP contribution >= 0.6 is 0 Å². The maximum absolute atomic E-state index is 10.3. The molecule has 0 radical (unpaired) electrons. The van der Waals surface area contributed by atoms with Crippen LogP contribution in [0.2, 0.25) is 0 Å². The summed E-state index contributed by atoms with van der Waals surface area (Å²) in [7, 11) is 0. The van der Waals surface area contributed by atoms with Crippen LogP contribution in [0.3, 0.4) is 0 Å². The van der Waals surface area contributed by atoms with E-state index in [0.29, 0.717) is 6.04 Å². The summed E-state index contributed by atoms with van der Waals surface area (Å²) in [5.74, 6) is 0. The lowest BCUT2D eigenvalue weighted by molar-refractivity contribution is 0.0475. The largest absolute Gasteiger partial charge is 0.385 e. The van der Waals surface area contributed by atoms with Gasteiger partial charge in [-0.15, -0.1) is 0 Å². The van der Waals surface area contributed by atoms with Crippen LogP contribution in [-0.4, -0.2) is 17.7 Å². The zero-order valence-corrected chi connectivity index (χ0v) is 10.7. The predicted molar refractivity (Wildman–Crippen MR) is 68.5 cm³/mol. The van der Waals surface area contributed by atoms with Gasteiger partial charge in [-0.25, -0.2) is 0 Å². The highest BCUT2D eigenvalue weighted by Crippen LogP contribution is 2.24. The highest BCUT2D eigenvalue weighted by atomic mass is 16.3. The minimum atomic E-state index is -0.740. The summed E-state index contributed by atoms with van der Waals surface area (Å²) < 4.78 is 0. The van der Waals surface area contributed by atoms with Crippen molar-refractivity contribution in [1.29, 1.82) is 0 Å². The van der Waals surface area contributed by atoms with Crippen molar-refractivity contribution in [3.63, 3.8) is 0 Å². The van der Waals surface area contributed by atoms with E-state index in [1.807, 2.05) is 31.2 Å². The molecule has 0 bridgehead atoms. The Labute approximate surface area is 98.7 Å². The summed E-state index contributed by atoms with van der Waals surface area (Å²) in [5, 5.41) is 13.7. The lowest BCUT2D eigenvalue weighted by Crippen LogP contribution is -2.31. The van der Waals surface area contributed by atoms with E-state index >= 15 is 0 Å². The Morgan fingerprint density at radius 2 is 1.81 bits per heavy atom. The number of benzene rings is 1. The molecule has 1 aromatic carbocycles. The normalized spacial score (nSPS) is 15.1. The number of hydrogen-bond acceptors (Lipinski definition) is 2. The van der Waals surface area contributed by atoms with Crippen molar-refractivity contribution in [3.8, 4) is 0 Å². The molecule has 1 unspecified atom stereocenters. The molecule has 0 amide bonds. The van der Waals surface area contributed by atoms with Gasteiger partial charge in [0.15, 0.2) is 0 Å². The summed E-state index contributed by atoms with van der Waals surface area (Å²) >= 11 is 0. The molecule has 1 rings (SSSR count). The average Bonchev–Trinajstić information content (AvgIpc) is 2.17. The van der Waals surface area contributed by atoms with E-state index < -0.39 is 5.60 Å². The standard InChI is InChI=1S/C14H23NO/c1-11(2)15-10-9-14(4,16)13-7-5-12(3)6-8-13/h5-8,11,15-16H,9-10H2,1-4H3. The third kappa shape index (κ3) is 3.95. The smallest absolute Gasteiger partial charge is 0.0880 e. The van der Waals surface area contributed by atoms with E-state index in [0.717, 1.165) is 18.5 Å². The van der Waals surface area contributed by atoms with Crippen LogP contribution in [0.25, 0.3) is 0 Å². The molecule has 0 spiro atoms. The summed E-state index contributed by atoms with van der Waals surface area (Å²) in [4.78, 5) is 0. The molecule has 0 aliphatic heterocycles. The predicted octanol–water partition coefficient (Wildman–Crippen LogP) is 2.59. The summed E-state index contributed by atoms with van der Waals surface area (Å²) in [6.07, 6.45) is 0.730. The molecule has 0 saturated heterocycles. The molecule has 16 heavy (non-hydrogen) atoms. The van der Waals surface area contributed by atoms with E-state index in [2.05, 4.69) is 26.1 Å². The second-order valence-corrected chi connectivity index (χ2v) is 5.00. The minimum absolute atomic E-state index is 0.466. The highest BCUT2D eigenvalue weighted by molar-refractivity contribution is 5.25. The number of hydrogen-bond donors (Lipinski definition) is 2. The van der Waals surface area contributed by atoms with Crippen LogP contribution in [0.4, 0.5) is 0 Å². The Balaban J connectivity index is 2.59. The third-order valence-corrected chi connectivity index (χ3v) is 2.84. The van der Waals surface area contributed by atoms with E-state index in [1.54, 1.807) is 0 Å². The molecule has 90 valence electrons. The lowest BCUT2D eigenvalue weighted by Gasteiger charge is -2.24. The van der Waals surface area contributed by atoms with Crippen molar-refractivity contribution in [1.82, 2.24) is 5.32 Å². The molecular weight excluding hydrogens is 198 g/mol. The van der Waals surface area contributed by atoms with Crippen LogP contribution in [0.15, 0.2) is 24.3 Å². The molecular formula is C14H23NO. The zero-order chi connectivity index (χ0) is 12.2. The number of nitrogens with one attached hydrogen (secondary N) is 1. The molecule has 0 aliphatic rings. The van der Waals surface area contributed by atoms with Gasteiger partial charge in [0.25, 0.3) is 0 Å². The Kier molecular flexibility index (Phi) is 4.51. The van der Waals surface area contributed by atoms with Crippen molar-refractivity contribution in [2.24, 2.45) is 0 Å². The Hall–Kier alpha value is -0.860. The van der Waals surface area contributed by atoms with Crippen molar-refractivity contribution in [2.75, 3.05) is 6.54 Å². The van der Waals surface area contributed by atoms with E-state index in [1.165, 1.54) is 5.56 Å². The third-order valence-electron chi connectivity index (χ3n) is 2.84. The first-order valence-electron chi connectivity index (χ1n) is 5.95. The van der Waals surface area contributed by atoms with Gasteiger partial charge in [-0.1, -0.05) is 43.7 Å². The van der Waals surface area contributed by atoms with Crippen LogP contribution in [-0.2, 0) is 5.60 Å². The van der Waals surface area contributed by atoms with Gasteiger partial charge in [-0.2, -0.15) is 0 Å². The Morgan fingerprint density at radius 1 is 1.25 bits per heavy atom. The molecule has 0 aromatic heterocycles. The van der Waals surface area contributed by atoms with E-state index in [9.17, 15) is 5.11 Å². The fraction of sp³-hybridized carbons (Fsp3) is 0.571. The van der Waals surface area contributed by atoms with Gasteiger partial charge in [0.2, 0.25) is 0 Å². The molecule has 1 aromatic rings. The number of rotatable bonds is 5. The van der Waals surface area contributed by atoms with Gasteiger partial charge in [-0.05, 0) is 32.4 Å². The zero-order valence-electron chi connectivity index (χ0n) is 10.7. The Bertz CT molecular complexity index is 314. The maximum atomic E-state index is 10.3. The first kappa shape index (κ1) is 13.2. The molecule has 2 heteroatoms. The molecule has 0 fully saturated rings. The monoisotopic (exact) mass is 221 g/mol. The summed E-state index contributed by atoms with van der Waals surface area (Å²) in [6, 6.07) is 8.56. The minimum Gasteiger partial charge on any atom is -0.385 e. The first-order valence-corrected chi connectivity index (χ1v) is 5.95. The highest BCUT2D eigenvalue weighted by Gasteiger charge is 2.22. The fourth-order valence-corrected chi connectivity index (χ4v) is 1.66. The van der Waals surface area contributed by atoms with Crippen LogP contribution < -0.4 is 5.32 Å². The number of aryl methyl sites for hydroxylation is 1. The lowest BCUT2D eigenvalue weighted by atomic mass is 9.92. The van der Waals surface area contributed by atoms with Crippen molar-refractivity contribution >= 4 is 0 Å². The summed E-state index contributed by atoms with van der Waals surface area (Å²) in [5.41, 5.74) is 1.47. The quantitative estimate of drug-likeness (QED) is 0.801. The first-order chi connectivity index (χ1) is 7.42. The molecule has 1 atom stereocenters. The average molecular weight is 221 g/mol. The van der Waals surface area contributed by atoms with E-state index in [4.69, 9.17) is 0 Å². The van der Waals surface area contributed by atoms with Crippen molar-refractivity contribution < 1.29 is 5.11 Å². The maximum Gasteiger partial charge on any atom is 0.0880 e. The molecule has 0 saturated carbocycles. The summed E-state index contributed by atoms with van der Waals surface area (Å²) in [6.45, 7) is 8.98. The van der Waals surface area contributed by atoms with Crippen LogP contribution in [0.5, 0.6) is 0 Å². The Morgan fingerprint density at radius 3 is 2.31 bits per heavy atom. The van der Waals surface area contributed by atoms with E-state index in [-0.39, 0.29) is 0 Å². The second-order valence-electron chi connectivity index (χ2n) is 5.00. The molecule has 2 nitrogen and oxygen atoms in total. The molecule has 0 aliphatic carbocycles. The van der Waals surface area contributed by atoms with Crippen LogP contribution in [0, 0.1) is 6.92 Å². The van der Waals surface area contributed by atoms with Gasteiger partial charge in [-0.3, -0.25) is 0 Å². The topological polar surface area (TPSA) is 32.3 Å². The molecule has 0 heterocycles. The van der Waals surface area contributed by atoms with Crippen LogP contribution in [0.1, 0.15) is 38.3 Å². The van der Waals surface area contributed by atoms with Crippen molar-refractivity contribution in [2.45, 2.75) is 45.8 Å².